The topological polar surface area (TPSA) is 104 Å². The first-order valence-corrected chi connectivity index (χ1v) is 7.07. The number of carbonyl (C=O) groups is 1. The molecule has 1 aliphatic carbocycles. The second-order valence-electron chi connectivity index (χ2n) is 5.25. The van der Waals surface area contributed by atoms with Crippen LogP contribution in [-0.2, 0) is 0 Å². The Kier molecular flexibility index (Phi) is 3.92. The maximum absolute atomic E-state index is 12.3. The molecular weight excluding hydrogens is 270 g/mol. The van der Waals surface area contributed by atoms with Crippen LogP contribution in [0.25, 0.3) is 11.4 Å². The number of aliphatic hydroxyl groups is 1. The Hall–Kier alpha value is -2.28. The summed E-state index contributed by atoms with van der Waals surface area (Å²) in [5.41, 5.74) is 1.25. The average molecular weight is 287 g/mol. The van der Waals surface area contributed by atoms with Gasteiger partial charge in [-0.3, -0.25) is 4.79 Å². The van der Waals surface area contributed by atoms with Crippen LogP contribution in [0.3, 0.4) is 0 Å². The third-order valence-corrected chi connectivity index (χ3v) is 3.77. The SMILES string of the molecule is O=C(N[C@H]1CCCC[C@@H]1O)c1cccc(-c2nn[nH]n2)c1. The van der Waals surface area contributed by atoms with Gasteiger partial charge in [0, 0.05) is 11.1 Å². The number of benzene rings is 1. The van der Waals surface area contributed by atoms with Crippen molar-refractivity contribution < 1.29 is 9.90 Å². The molecule has 1 aliphatic rings. The smallest absolute Gasteiger partial charge is 0.251 e. The van der Waals surface area contributed by atoms with Crippen molar-refractivity contribution in [2.45, 2.75) is 37.8 Å². The summed E-state index contributed by atoms with van der Waals surface area (Å²) in [5.74, 6) is 0.258. The molecule has 1 amide bonds. The average Bonchev–Trinajstić information content (AvgIpc) is 3.04. The van der Waals surface area contributed by atoms with Crippen molar-refractivity contribution in [1.29, 1.82) is 0 Å². The van der Waals surface area contributed by atoms with Gasteiger partial charge in [-0.1, -0.05) is 25.0 Å². The standard InChI is InChI=1S/C14H17N5O2/c20-12-7-2-1-6-11(12)15-14(21)10-5-3-4-9(8-10)13-16-18-19-17-13/h3-5,8,11-12,20H,1-2,6-7H2,(H,15,21)(H,16,17,18,19)/t11-,12-/m0/s1. The zero-order chi connectivity index (χ0) is 14.7. The third-order valence-electron chi connectivity index (χ3n) is 3.77. The number of aromatic amines is 1. The van der Waals surface area contributed by atoms with Crippen molar-refractivity contribution in [3.05, 3.63) is 29.8 Å². The maximum Gasteiger partial charge on any atom is 0.251 e. The van der Waals surface area contributed by atoms with Gasteiger partial charge in [0.1, 0.15) is 0 Å². The number of amides is 1. The first-order chi connectivity index (χ1) is 10.2. The van der Waals surface area contributed by atoms with Gasteiger partial charge in [0.2, 0.25) is 5.82 Å². The van der Waals surface area contributed by atoms with Crippen LogP contribution >= 0.6 is 0 Å². The predicted molar refractivity (Wildman–Crippen MR) is 75.3 cm³/mol. The van der Waals surface area contributed by atoms with E-state index < -0.39 is 6.10 Å². The summed E-state index contributed by atoms with van der Waals surface area (Å²) < 4.78 is 0. The summed E-state index contributed by atoms with van der Waals surface area (Å²) >= 11 is 0. The van der Waals surface area contributed by atoms with Crippen molar-refractivity contribution in [1.82, 2.24) is 25.9 Å². The van der Waals surface area contributed by atoms with Crippen LogP contribution in [-0.4, -0.2) is 43.8 Å². The van der Waals surface area contributed by atoms with Gasteiger partial charge in [-0.05, 0) is 30.2 Å². The highest BCUT2D eigenvalue weighted by Crippen LogP contribution is 2.19. The molecule has 1 saturated carbocycles. The molecule has 2 aromatic rings. The van der Waals surface area contributed by atoms with E-state index in [1.54, 1.807) is 18.2 Å². The normalized spacial score (nSPS) is 22.0. The number of nitrogens with zero attached hydrogens (tertiary/aromatic N) is 3. The van der Waals surface area contributed by atoms with E-state index in [0.29, 0.717) is 11.4 Å². The third kappa shape index (κ3) is 3.08. The molecule has 0 aliphatic heterocycles. The molecule has 2 atom stereocenters. The molecule has 0 bridgehead atoms. The molecule has 0 unspecified atom stereocenters. The van der Waals surface area contributed by atoms with Gasteiger partial charge in [-0.15, -0.1) is 10.2 Å². The van der Waals surface area contributed by atoms with Crippen molar-refractivity contribution in [2.24, 2.45) is 0 Å². The van der Waals surface area contributed by atoms with Crippen LogP contribution in [0.4, 0.5) is 0 Å². The molecule has 1 aromatic carbocycles. The minimum absolute atomic E-state index is 0.167. The molecule has 0 saturated heterocycles. The summed E-state index contributed by atoms with van der Waals surface area (Å²) in [4.78, 5) is 12.3. The number of tetrazole rings is 1. The van der Waals surface area contributed by atoms with E-state index >= 15 is 0 Å². The first kappa shape index (κ1) is 13.7. The Morgan fingerprint density at radius 1 is 1.33 bits per heavy atom. The fraction of sp³-hybridized carbons (Fsp3) is 0.429. The number of aromatic nitrogens is 4. The summed E-state index contributed by atoms with van der Waals surface area (Å²) in [5, 5.41) is 26.5. The number of carbonyl (C=O) groups excluding carboxylic acids is 1. The van der Waals surface area contributed by atoms with Gasteiger partial charge >= 0.3 is 0 Å². The van der Waals surface area contributed by atoms with E-state index in [4.69, 9.17) is 0 Å². The molecule has 0 spiro atoms. The summed E-state index contributed by atoms with van der Waals surface area (Å²) in [6.07, 6.45) is 3.15. The predicted octanol–water partition coefficient (Wildman–Crippen LogP) is 0.900. The van der Waals surface area contributed by atoms with Crippen molar-refractivity contribution in [2.75, 3.05) is 0 Å². The van der Waals surface area contributed by atoms with E-state index in [0.717, 1.165) is 31.2 Å². The van der Waals surface area contributed by atoms with Gasteiger partial charge in [-0.25, -0.2) is 0 Å². The number of hydrogen-bond donors (Lipinski definition) is 3. The highest BCUT2D eigenvalue weighted by atomic mass is 16.3. The Morgan fingerprint density at radius 2 is 2.19 bits per heavy atom. The van der Waals surface area contributed by atoms with Gasteiger partial charge in [0.25, 0.3) is 5.91 Å². The van der Waals surface area contributed by atoms with Crippen molar-refractivity contribution in [3.63, 3.8) is 0 Å². The van der Waals surface area contributed by atoms with Crippen LogP contribution in [0, 0.1) is 0 Å². The Labute approximate surface area is 121 Å². The highest BCUT2D eigenvalue weighted by molar-refractivity contribution is 5.95. The summed E-state index contributed by atoms with van der Waals surface area (Å²) in [7, 11) is 0. The van der Waals surface area contributed by atoms with Crippen LogP contribution < -0.4 is 5.32 Å². The number of rotatable bonds is 3. The van der Waals surface area contributed by atoms with Crippen LogP contribution in [0.1, 0.15) is 36.0 Å². The van der Waals surface area contributed by atoms with Gasteiger partial charge in [0.15, 0.2) is 0 Å². The molecule has 3 rings (SSSR count). The van der Waals surface area contributed by atoms with Crippen LogP contribution in [0.5, 0.6) is 0 Å². The molecule has 1 heterocycles. The lowest BCUT2D eigenvalue weighted by atomic mass is 9.92. The largest absolute Gasteiger partial charge is 0.391 e. The second kappa shape index (κ2) is 6.01. The molecule has 7 nitrogen and oxygen atoms in total. The minimum Gasteiger partial charge on any atom is -0.391 e. The fourth-order valence-electron chi connectivity index (χ4n) is 2.61. The zero-order valence-corrected chi connectivity index (χ0v) is 11.5. The molecule has 110 valence electrons. The number of nitrogens with one attached hydrogen (secondary N) is 2. The number of H-pyrrole nitrogens is 1. The second-order valence-corrected chi connectivity index (χ2v) is 5.25. The number of hydrogen-bond acceptors (Lipinski definition) is 5. The van der Waals surface area contributed by atoms with E-state index in [1.807, 2.05) is 6.07 Å². The quantitative estimate of drug-likeness (QED) is 0.778. The monoisotopic (exact) mass is 287 g/mol. The van der Waals surface area contributed by atoms with Crippen molar-refractivity contribution >= 4 is 5.91 Å². The Bertz CT molecular complexity index is 614. The van der Waals surface area contributed by atoms with Gasteiger partial charge in [-0.2, -0.15) is 5.21 Å². The van der Waals surface area contributed by atoms with Gasteiger partial charge < -0.3 is 10.4 Å². The molecule has 0 radical (unpaired) electrons. The first-order valence-electron chi connectivity index (χ1n) is 7.07. The summed E-state index contributed by atoms with van der Waals surface area (Å²) in [6.45, 7) is 0. The van der Waals surface area contributed by atoms with E-state index in [2.05, 4.69) is 25.9 Å². The lowest BCUT2D eigenvalue weighted by Crippen LogP contribution is -2.45. The summed E-state index contributed by atoms with van der Waals surface area (Å²) in [6, 6.07) is 6.87. The van der Waals surface area contributed by atoms with E-state index in [9.17, 15) is 9.90 Å². The fourth-order valence-corrected chi connectivity index (χ4v) is 2.61. The van der Waals surface area contributed by atoms with E-state index in [-0.39, 0.29) is 11.9 Å². The molecule has 21 heavy (non-hydrogen) atoms. The minimum atomic E-state index is -0.455. The van der Waals surface area contributed by atoms with Gasteiger partial charge in [0.05, 0.1) is 12.1 Å². The van der Waals surface area contributed by atoms with Crippen molar-refractivity contribution in [3.8, 4) is 11.4 Å². The molecule has 1 fully saturated rings. The Morgan fingerprint density at radius 3 is 2.95 bits per heavy atom. The van der Waals surface area contributed by atoms with Crippen LogP contribution in [0.2, 0.25) is 0 Å². The lowest BCUT2D eigenvalue weighted by molar-refractivity contribution is 0.0717. The van der Waals surface area contributed by atoms with E-state index in [1.165, 1.54) is 0 Å². The molecule has 7 heteroatoms. The Balaban J connectivity index is 1.74. The maximum atomic E-state index is 12.3. The lowest BCUT2D eigenvalue weighted by Gasteiger charge is -2.28. The number of aliphatic hydroxyl groups excluding tert-OH is 1. The molecule has 1 aromatic heterocycles. The molecule has 3 N–H and O–H groups in total. The van der Waals surface area contributed by atoms with Crippen LogP contribution in [0.15, 0.2) is 24.3 Å². The molecular formula is C14H17N5O2. The zero-order valence-electron chi connectivity index (χ0n) is 11.5. The highest BCUT2D eigenvalue weighted by Gasteiger charge is 2.24.